The van der Waals surface area contributed by atoms with Gasteiger partial charge in [-0.2, -0.15) is 0 Å². The van der Waals surface area contributed by atoms with Gasteiger partial charge >= 0.3 is 0 Å². The van der Waals surface area contributed by atoms with Gasteiger partial charge in [0.05, 0.1) is 21.9 Å². The minimum Gasteiger partial charge on any atom is -0.450 e. The first-order valence-electron chi connectivity index (χ1n) is 9.35. The summed E-state index contributed by atoms with van der Waals surface area (Å²) in [5.74, 6) is -0.532. The van der Waals surface area contributed by atoms with E-state index in [1.165, 1.54) is 29.2 Å². The maximum atomic E-state index is 13.4. The molecule has 31 heavy (non-hydrogen) atoms. The average Bonchev–Trinajstić information content (AvgIpc) is 3.06. The Morgan fingerprint density at radius 3 is 2.42 bits per heavy atom. The molecule has 1 aliphatic rings. The first-order chi connectivity index (χ1) is 15.0. The first kappa shape index (κ1) is 19.0. The Hall–Kier alpha value is -3.97. The smallest absolute Gasteiger partial charge is 0.295 e. The van der Waals surface area contributed by atoms with E-state index >= 15 is 0 Å². The summed E-state index contributed by atoms with van der Waals surface area (Å²) in [6.45, 7) is 0. The summed E-state index contributed by atoms with van der Waals surface area (Å²) in [6.07, 6.45) is 0. The predicted molar refractivity (Wildman–Crippen MR) is 116 cm³/mol. The van der Waals surface area contributed by atoms with Crippen LogP contribution in [0.5, 0.6) is 0 Å². The molecule has 8 heteroatoms. The topological polar surface area (TPSA) is 93.7 Å². The monoisotopic (exact) mass is 432 g/mol. The van der Waals surface area contributed by atoms with Crippen LogP contribution >= 0.6 is 11.6 Å². The van der Waals surface area contributed by atoms with E-state index in [9.17, 15) is 19.7 Å². The molecule has 1 aliphatic heterocycles. The molecule has 1 amide bonds. The number of nitro groups is 1. The van der Waals surface area contributed by atoms with Gasteiger partial charge in [0.2, 0.25) is 5.76 Å². The maximum Gasteiger partial charge on any atom is 0.295 e. The number of fused-ring (bicyclic) bond motifs is 2. The number of halogens is 1. The van der Waals surface area contributed by atoms with Gasteiger partial charge in [-0.25, -0.2) is 0 Å². The molecule has 5 rings (SSSR count). The van der Waals surface area contributed by atoms with Crippen LogP contribution in [0.4, 0.5) is 11.4 Å². The van der Waals surface area contributed by atoms with Gasteiger partial charge in [-0.15, -0.1) is 0 Å². The number of carbonyl (C=O) groups is 1. The lowest BCUT2D eigenvalue weighted by Gasteiger charge is -2.25. The number of non-ortho nitro benzene ring substituents is 1. The van der Waals surface area contributed by atoms with E-state index in [1.807, 2.05) is 0 Å². The van der Waals surface area contributed by atoms with Crippen LogP contribution < -0.4 is 10.3 Å². The van der Waals surface area contributed by atoms with Crippen molar-refractivity contribution in [2.24, 2.45) is 0 Å². The molecule has 0 radical (unpaired) electrons. The number of nitro benzene ring substituents is 1. The number of nitrogens with zero attached hydrogens (tertiary/aromatic N) is 2. The lowest BCUT2D eigenvalue weighted by Crippen LogP contribution is -2.29. The summed E-state index contributed by atoms with van der Waals surface area (Å²) in [4.78, 5) is 38.8. The summed E-state index contributed by atoms with van der Waals surface area (Å²) in [5.41, 5.74) is 1.12. The highest BCUT2D eigenvalue weighted by atomic mass is 35.5. The van der Waals surface area contributed by atoms with Gasteiger partial charge in [0, 0.05) is 22.8 Å². The molecule has 3 aromatic carbocycles. The van der Waals surface area contributed by atoms with Crippen LogP contribution in [0.15, 0.2) is 82.0 Å². The number of carbonyl (C=O) groups excluding carboxylic acids is 1. The molecular weight excluding hydrogens is 420 g/mol. The van der Waals surface area contributed by atoms with Crippen LogP contribution in [0.2, 0.25) is 5.02 Å². The molecule has 1 aromatic heterocycles. The van der Waals surface area contributed by atoms with Crippen molar-refractivity contribution in [3.05, 3.63) is 115 Å². The quantitative estimate of drug-likeness (QED) is 0.331. The third kappa shape index (κ3) is 2.98. The Labute approximate surface area is 180 Å². The standard InChI is InChI=1S/C23H13ClN2O5/c24-14-4-3-5-16(12-14)25-20(13-8-10-15(11-9-13)26(29)30)19-21(27)17-6-1-2-7-18(17)31-22(19)23(25)28/h1-12,20H/t20-/m0/s1. The predicted octanol–water partition coefficient (Wildman–Crippen LogP) is 5.10. The number of amides is 1. The second-order valence-corrected chi connectivity index (χ2v) is 7.51. The van der Waals surface area contributed by atoms with Crippen molar-refractivity contribution in [1.29, 1.82) is 0 Å². The van der Waals surface area contributed by atoms with E-state index in [2.05, 4.69) is 0 Å². The highest BCUT2D eigenvalue weighted by Gasteiger charge is 2.43. The third-order valence-corrected chi connectivity index (χ3v) is 5.52. The van der Waals surface area contributed by atoms with E-state index in [0.717, 1.165) is 0 Å². The summed E-state index contributed by atoms with van der Waals surface area (Å²) < 4.78 is 5.86. The molecule has 152 valence electrons. The molecule has 0 spiro atoms. The molecule has 2 heterocycles. The summed E-state index contributed by atoms with van der Waals surface area (Å²) >= 11 is 6.15. The van der Waals surface area contributed by atoms with E-state index in [0.29, 0.717) is 27.2 Å². The normalized spacial score (nSPS) is 15.3. The SMILES string of the molecule is O=C1c2oc3ccccc3c(=O)c2[C@H](c2ccc([N+](=O)[O-])cc2)N1c1cccc(Cl)c1. The number of rotatable bonds is 3. The summed E-state index contributed by atoms with van der Waals surface area (Å²) in [5, 5.41) is 11.8. The van der Waals surface area contributed by atoms with Crippen molar-refractivity contribution in [3.63, 3.8) is 0 Å². The summed E-state index contributed by atoms with van der Waals surface area (Å²) in [7, 11) is 0. The van der Waals surface area contributed by atoms with Gasteiger partial charge in [-0.3, -0.25) is 24.6 Å². The van der Waals surface area contributed by atoms with Crippen molar-refractivity contribution in [3.8, 4) is 0 Å². The minimum atomic E-state index is -0.817. The van der Waals surface area contributed by atoms with E-state index in [1.54, 1.807) is 48.5 Å². The van der Waals surface area contributed by atoms with Gasteiger partial charge in [0.15, 0.2) is 5.43 Å². The highest BCUT2D eigenvalue weighted by molar-refractivity contribution is 6.31. The Morgan fingerprint density at radius 1 is 0.968 bits per heavy atom. The van der Waals surface area contributed by atoms with Crippen LogP contribution in [0.25, 0.3) is 11.0 Å². The van der Waals surface area contributed by atoms with Gasteiger partial charge in [-0.1, -0.05) is 29.8 Å². The summed E-state index contributed by atoms with van der Waals surface area (Å²) in [6, 6.07) is 18.4. The van der Waals surface area contributed by atoms with Crippen molar-refractivity contribution < 1.29 is 14.1 Å². The highest BCUT2D eigenvalue weighted by Crippen LogP contribution is 2.41. The second-order valence-electron chi connectivity index (χ2n) is 7.08. The zero-order valence-electron chi connectivity index (χ0n) is 15.8. The minimum absolute atomic E-state index is 0.0490. The molecule has 0 saturated heterocycles. The fraction of sp³-hybridized carbons (Fsp3) is 0.0435. The third-order valence-electron chi connectivity index (χ3n) is 5.28. The molecular formula is C23H13ClN2O5. The number of para-hydroxylation sites is 1. The first-order valence-corrected chi connectivity index (χ1v) is 9.73. The van der Waals surface area contributed by atoms with Crippen molar-refractivity contribution in [2.45, 2.75) is 6.04 Å². The van der Waals surface area contributed by atoms with E-state index in [-0.39, 0.29) is 22.4 Å². The largest absolute Gasteiger partial charge is 0.450 e. The van der Waals surface area contributed by atoms with Crippen molar-refractivity contribution >= 4 is 39.9 Å². The van der Waals surface area contributed by atoms with Crippen LogP contribution in [0.3, 0.4) is 0 Å². The molecule has 4 aromatic rings. The molecule has 0 unspecified atom stereocenters. The zero-order valence-corrected chi connectivity index (χ0v) is 16.6. The lowest BCUT2D eigenvalue weighted by atomic mass is 9.98. The van der Waals surface area contributed by atoms with Crippen LogP contribution in [0.1, 0.15) is 27.7 Å². The zero-order chi connectivity index (χ0) is 21.7. The van der Waals surface area contributed by atoms with Crippen LogP contribution in [-0.4, -0.2) is 10.8 Å². The Kier molecular flexibility index (Phi) is 4.34. The fourth-order valence-corrected chi connectivity index (χ4v) is 4.09. The molecule has 0 bridgehead atoms. The van der Waals surface area contributed by atoms with E-state index < -0.39 is 16.9 Å². The van der Waals surface area contributed by atoms with E-state index in [4.69, 9.17) is 16.0 Å². The number of benzene rings is 3. The number of hydrogen-bond acceptors (Lipinski definition) is 5. The van der Waals surface area contributed by atoms with Gasteiger partial charge in [0.25, 0.3) is 11.6 Å². The number of anilines is 1. The lowest BCUT2D eigenvalue weighted by molar-refractivity contribution is -0.384. The van der Waals surface area contributed by atoms with Crippen molar-refractivity contribution in [2.75, 3.05) is 4.90 Å². The van der Waals surface area contributed by atoms with Gasteiger partial charge in [-0.05, 0) is 48.0 Å². The average molecular weight is 433 g/mol. The Morgan fingerprint density at radius 2 is 1.71 bits per heavy atom. The van der Waals surface area contributed by atoms with Crippen LogP contribution in [-0.2, 0) is 0 Å². The molecule has 0 saturated carbocycles. The Bertz CT molecular complexity index is 1430. The molecule has 0 aliphatic carbocycles. The molecule has 1 atom stereocenters. The van der Waals surface area contributed by atoms with Crippen LogP contribution in [0, 0.1) is 10.1 Å². The van der Waals surface area contributed by atoms with Crippen molar-refractivity contribution in [1.82, 2.24) is 0 Å². The fourth-order valence-electron chi connectivity index (χ4n) is 3.91. The number of hydrogen-bond donors (Lipinski definition) is 0. The van der Waals surface area contributed by atoms with Gasteiger partial charge < -0.3 is 4.42 Å². The second kappa shape index (κ2) is 7.07. The van der Waals surface area contributed by atoms with Gasteiger partial charge in [0.1, 0.15) is 5.58 Å². The molecule has 0 N–H and O–H groups in total. The Balaban J connectivity index is 1.79. The molecule has 7 nitrogen and oxygen atoms in total. The maximum absolute atomic E-state index is 13.4. The molecule has 0 fully saturated rings.